The van der Waals surface area contributed by atoms with Gasteiger partial charge >= 0.3 is 0 Å². The molecule has 7 heteroatoms. The lowest BCUT2D eigenvalue weighted by Gasteiger charge is -2.19. The Labute approximate surface area is 154 Å². The summed E-state index contributed by atoms with van der Waals surface area (Å²) in [6.07, 6.45) is 2.92. The molecule has 0 aliphatic carbocycles. The fraction of sp³-hybridized carbons (Fsp3) is 0.421. The molecule has 0 saturated carbocycles. The van der Waals surface area contributed by atoms with Gasteiger partial charge in [0, 0.05) is 19.7 Å². The highest BCUT2D eigenvalue weighted by Gasteiger charge is 2.25. The van der Waals surface area contributed by atoms with Gasteiger partial charge in [0.1, 0.15) is 23.9 Å². The number of aryl methyl sites for hydroxylation is 2. The topological polar surface area (TPSA) is 68.4 Å². The summed E-state index contributed by atoms with van der Waals surface area (Å²) in [6, 6.07) is 7.79. The number of hydrogen-bond acceptors (Lipinski definition) is 5. The number of methoxy groups -OCH3 is 1. The van der Waals surface area contributed by atoms with Crippen LogP contribution in [0.5, 0.6) is 11.5 Å². The lowest BCUT2D eigenvalue weighted by Crippen LogP contribution is -2.27. The molecule has 0 aliphatic rings. The first-order chi connectivity index (χ1) is 12.5. The first kappa shape index (κ1) is 19.5. The minimum absolute atomic E-state index is 0.126. The fourth-order valence-electron chi connectivity index (χ4n) is 2.71. The molecule has 0 fully saturated rings. The monoisotopic (exact) mass is 358 g/mol. The van der Waals surface area contributed by atoms with Crippen LogP contribution in [0.2, 0.25) is 0 Å². The highest BCUT2D eigenvalue weighted by molar-refractivity contribution is 5.93. The maximum atomic E-state index is 12.5. The van der Waals surface area contributed by atoms with E-state index < -0.39 is 0 Å². The molecule has 0 spiro atoms. The molecular weight excluding hydrogens is 332 g/mol. The van der Waals surface area contributed by atoms with Crippen molar-refractivity contribution in [3.8, 4) is 11.5 Å². The number of carbonyl (C=O) groups excluding carboxylic acids is 1. The Balaban J connectivity index is 2.41. The van der Waals surface area contributed by atoms with Crippen LogP contribution in [0.4, 0.5) is 5.82 Å². The summed E-state index contributed by atoms with van der Waals surface area (Å²) in [7, 11) is 4.97. The quantitative estimate of drug-likeness (QED) is 0.528. The van der Waals surface area contributed by atoms with E-state index in [2.05, 4.69) is 10.3 Å². The van der Waals surface area contributed by atoms with Crippen LogP contribution in [0.25, 0.3) is 0 Å². The van der Waals surface area contributed by atoms with Crippen molar-refractivity contribution in [2.45, 2.75) is 33.3 Å². The number of para-hydroxylation sites is 1. The normalized spacial score (nSPS) is 11.0. The number of carbonyl (C=O) groups is 1. The second kappa shape index (κ2) is 9.03. The summed E-state index contributed by atoms with van der Waals surface area (Å²) in [5.41, 5.74) is 1.78. The number of hydrogen-bond donors (Lipinski definition) is 0. The zero-order valence-electron chi connectivity index (χ0n) is 16.0. The van der Waals surface area contributed by atoms with Crippen molar-refractivity contribution in [1.29, 1.82) is 0 Å². The van der Waals surface area contributed by atoms with Crippen molar-refractivity contribution in [2.75, 3.05) is 19.2 Å². The first-order valence-corrected chi connectivity index (χ1v) is 8.56. The van der Waals surface area contributed by atoms with Crippen molar-refractivity contribution in [3.05, 3.63) is 41.6 Å². The summed E-state index contributed by atoms with van der Waals surface area (Å²) < 4.78 is 13.3. The third-order valence-corrected chi connectivity index (χ3v) is 3.98. The SMILES string of the molecule is CCCC(=O)N(/N=N\C)c1c(COc2ccccc2C)c(OC)cn1C. The first-order valence-electron chi connectivity index (χ1n) is 8.56. The predicted octanol–water partition coefficient (Wildman–Crippen LogP) is 4.05. The zero-order chi connectivity index (χ0) is 19.1. The number of anilines is 1. The maximum Gasteiger partial charge on any atom is 0.250 e. The lowest BCUT2D eigenvalue weighted by molar-refractivity contribution is -0.118. The van der Waals surface area contributed by atoms with E-state index in [-0.39, 0.29) is 12.5 Å². The number of ether oxygens (including phenoxy) is 2. The van der Waals surface area contributed by atoms with E-state index in [0.717, 1.165) is 23.3 Å². The summed E-state index contributed by atoms with van der Waals surface area (Å²) >= 11 is 0. The third kappa shape index (κ3) is 4.22. The Hall–Kier alpha value is -2.83. The van der Waals surface area contributed by atoms with Crippen molar-refractivity contribution in [2.24, 2.45) is 17.4 Å². The molecule has 0 N–H and O–H groups in total. The van der Waals surface area contributed by atoms with Gasteiger partial charge in [0.25, 0.3) is 0 Å². The molecule has 0 bridgehead atoms. The van der Waals surface area contributed by atoms with Crippen LogP contribution >= 0.6 is 0 Å². The van der Waals surface area contributed by atoms with E-state index >= 15 is 0 Å². The van der Waals surface area contributed by atoms with Gasteiger partial charge in [-0.3, -0.25) is 4.79 Å². The minimum Gasteiger partial charge on any atom is -0.495 e. The fourth-order valence-corrected chi connectivity index (χ4v) is 2.71. The second-order valence-electron chi connectivity index (χ2n) is 5.91. The Bertz CT molecular complexity index is 783. The van der Waals surface area contributed by atoms with Gasteiger partial charge in [0.15, 0.2) is 0 Å². The summed E-state index contributed by atoms with van der Waals surface area (Å²) in [6.45, 7) is 4.19. The van der Waals surface area contributed by atoms with Gasteiger partial charge in [-0.2, -0.15) is 10.1 Å². The van der Waals surface area contributed by atoms with Crippen molar-refractivity contribution < 1.29 is 14.3 Å². The third-order valence-electron chi connectivity index (χ3n) is 3.98. The highest BCUT2D eigenvalue weighted by Crippen LogP contribution is 2.34. The van der Waals surface area contributed by atoms with Gasteiger partial charge in [-0.1, -0.05) is 30.3 Å². The van der Waals surface area contributed by atoms with Crippen LogP contribution in [0.15, 0.2) is 40.8 Å². The molecule has 2 aromatic rings. The number of rotatable bonds is 8. The van der Waals surface area contributed by atoms with E-state index in [0.29, 0.717) is 18.0 Å². The van der Waals surface area contributed by atoms with Crippen LogP contribution in [-0.4, -0.2) is 24.6 Å². The minimum atomic E-state index is -0.126. The number of nitrogens with zero attached hydrogens (tertiary/aromatic N) is 4. The molecule has 1 amide bonds. The van der Waals surface area contributed by atoms with E-state index in [1.165, 1.54) is 12.1 Å². The van der Waals surface area contributed by atoms with E-state index in [1.54, 1.807) is 11.7 Å². The standard InChI is InChI=1S/C19H26N4O3/c1-6-9-18(24)23(21-20-3)19-15(17(25-5)12-22(19)4)13-26-16-11-8-7-10-14(16)2/h7-8,10-12H,6,9,13H2,1-5H3/b21-20-. The summed E-state index contributed by atoms with van der Waals surface area (Å²) in [5.74, 6) is 1.89. The number of amides is 1. The van der Waals surface area contributed by atoms with Crippen LogP contribution in [-0.2, 0) is 18.4 Å². The molecule has 0 radical (unpaired) electrons. The van der Waals surface area contributed by atoms with Crippen LogP contribution in [0.3, 0.4) is 0 Å². The van der Waals surface area contributed by atoms with Crippen LogP contribution in [0.1, 0.15) is 30.9 Å². The lowest BCUT2D eigenvalue weighted by atomic mass is 10.2. The Morgan fingerprint density at radius 2 is 2.00 bits per heavy atom. The van der Waals surface area contributed by atoms with Gasteiger partial charge in [-0.15, -0.1) is 0 Å². The van der Waals surface area contributed by atoms with Gasteiger partial charge < -0.3 is 14.0 Å². The largest absolute Gasteiger partial charge is 0.495 e. The smallest absolute Gasteiger partial charge is 0.250 e. The zero-order valence-corrected chi connectivity index (χ0v) is 16.0. The van der Waals surface area contributed by atoms with Gasteiger partial charge in [0.05, 0.1) is 19.7 Å². The molecule has 0 unspecified atom stereocenters. The Kier molecular flexibility index (Phi) is 6.77. The molecule has 0 aliphatic heterocycles. The van der Waals surface area contributed by atoms with E-state index in [1.807, 2.05) is 51.4 Å². The molecule has 2 rings (SSSR count). The predicted molar refractivity (Wildman–Crippen MR) is 101 cm³/mol. The average Bonchev–Trinajstić information content (AvgIpc) is 2.94. The molecule has 1 aromatic carbocycles. The van der Waals surface area contributed by atoms with Crippen molar-refractivity contribution in [3.63, 3.8) is 0 Å². The van der Waals surface area contributed by atoms with Crippen LogP contribution in [0, 0.1) is 6.92 Å². The van der Waals surface area contributed by atoms with E-state index in [9.17, 15) is 4.79 Å². The molecule has 140 valence electrons. The molecular formula is C19H26N4O3. The van der Waals surface area contributed by atoms with Crippen molar-refractivity contribution in [1.82, 2.24) is 4.57 Å². The molecule has 0 atom stereocenters. The van der Waals surface area contributed by atoms with E-state index in [4.69, 9.17) is 9.47 Å². The summed E-state index contributed by atoms with van der Waals surface area (Å²) in [5, 5.41) is 9.15. The number of benzene rings is 1. The molecule has 1 heterocycles. The Morgan fingerprint density at radius 3 is 2.62 bits per heavy atom. The molecule has 26 heavy (non-hydrogen) atoms. The van der Waals surface area contributed by atoms with Gasteiger partial charge in [0.2, 0.25) is 5.91 Å². The van der Waals surface area contributed by atoms with Gasteiger partial charge in [-0.25, -0.2) is 0 Å². The maximum absolute atomic E-state index is 12.5. The van der Waals surface area contributed by atoms with Gasteiger partial charge in [-0.05, 0) is 25.0 Å². The van der Waals surface area contributed by atoms with Crippen LogP contribution < -0.4 is 14.5 Å². The molecule has 7 nitrogen and oxygen atoms in total. The highest BCUT2D eigenvalue weighted by atomic mass is 16.5. The summed E-state index contributed by atoms with van der Waals surface area (Å²) in [4.78, 5) is 12.5. The average molecular weight is 358 g/mol. The van der Waals surface area contributed by atoms with Crippen molar-refractivity contribution >= 4 is 11.7 Å². The Morgan fingerprint density at radius 1 is 1.27 bits per heavy atom. The number of aromatic nitrogens is 1. The second-order valence-corrected chi connectivity index (χ2v) is 5.91. The molecule has 0 saturated heterocycles. The molecule has 1 aromatic heterocycles.